The summed E-state index contributed by atoms with van der Waals surface area (Å²) in [7, 11) is 3.20. The van der Waals surface area contributed by atoms with Crippen molar-refractivity contribution in [1.82, 2.24) is 10.2 Å². The molecule has 0 bridgehead atoms. The van der Waals surface area contributed by atoms with Crippen molar-refractivity contribution in [2.24, 2.45) is 0 Å². The van der Waals surface area contributed by atoms with E-state index in [0.717, 1.165) is 21.8 Å². The molecule has 0 aliphatic carbocycles. The van der Waals surface area contributed by atoms with Gasteiger partial charge in [-0.1, -0.05) is 30.3 Å². The second kappa shape index (κ2) is 12.1. The summed E-state index contributed by atoms with van der Waals surface area (Å²) in [4.78, 5) is 29.7. The van der Waals surface area contributed by atoms with E-state index in [-0.39, 0.29) is 24.8 Å². The molecular formula is C28H28N2O5S. The van der Waals surface area contributed by atoms with Gasteiger partial charge in [0.25, 0.3) is 5.91 Å². The van der Waals surface area contributed by atoms with Crippen LogP contribution >= 0.6 is 11.3 Å². The van der Waals surface area contributed by atoms with Gasteiger partial charge in [-0.2, -0.15) is 0 Å². The molecule has 8 heteroatoms. The Labute approximate surface area is 214 Å². The summed E-state index contributed by atoms with van der Waals surface area (Å²) in [6.45, 7) is 0.509. The summed E-state index contributed by atoms with van der Waals surface area (Å²) in [5.74, 6) is 1.30. The number of amides is 2. The Kier molecular flexibility index (Phi) is 8.41. The summed E-state index contributed by atoms with van der Waals surface area (Å²) in [6.07, 6.45) is 1.69. The monoisotopic (exact) mass is 504 g/mol. The van der Waals surface area contributed by atoms with Crippen LogP contribution in [0.4, 0.5) is 0 Å². The van der Waals surface area contributed by atoms with Crippen molar-refractivity contribution in [2.45, 2.75) is 25.6 Å². The Morgan fingerprint density at radius 1 is 0.944 bits per heavy atom. The van der Waals surface area contributed by atoms with Crippen LogP contribution < -0.4 is 14.8 Å². The molecule has 4 aromatic rings. The van der Waals surface area contributed by atoms with Crippen LogP contribution in [0.25, 0.3) is 0 Å². The highest BCUT2D eigenvalue weighted by atomic mass is 32.1. The molecule has 2 heterocycles. The van der Waals surface area contributed by atoms with Gasteiger partial charge in [-0.3, -0.25) is 9.59 Å². The van der Waals surface area contributed by atoms with E-state index in [1.165, 1.54) is 17.6 Å². The van der Waals surface area contributed by atoms with Crippen LogP contribution in [0.2, 0.25) is 0 Å². The maximum absolute atomic E-state index is 13.6. The normalized spacial score (nSPS) is 11.5. The van der Waals surface area contributed by atoms with Gasteiger partial charge in [-0.25, -0.2) is 0 Å². The number of thiophene rings is 1. The minimum atomic E-state index is -0.947. The summed E-state index contributed by atoms with van der Waals surface area (Å²) in [5.41, 5.74) is 1.75. The fourth-order valence-corrected chi connectivity index (χ4v) is 4.55. The molecule has 0 saturated carbocycles. The lowest BCUT2D eigenvalue weighted by atomic mass is 10.1. The fourth-order valence-electron chi connectivity index (χ4n) is 3.86. The van der Waals surface area contributed by atoms with Crippen molar-refractivity contribution in [3.63, 3.8) is 0 Å². The number of carbonyl (C=O) groups is 2. The van der Waals surface area contributed by atoms with E-state index >= 15 is 0 Å². The van der Waals surface area contributed by atoms with E-state index in [1.807, 2.05) is 66.0 Å². The van der Waals surface area contributed by atoms with Gasteiger partial charge in [0.2, 0.25) is 5.91 Å². The number of ether oxygens (including phenoxy) is 2. The molecule has 0 saturated heterocycles. The quantitative estimate of drug-likeness (QED) is 0.311. The molecule has 2 amide bonds. The maximum atomic E-state index is 13.6. The second-order valence-electron chi connectivity index (χ2n) is 8.11. The average molecular weight is 505 g/mol. The molecule has 0 radical (unpaired) electrons. The third-order valence-corrected chi connectivity index (χ3v) is 6.59. The molecule has 7 nitrogen and oxygen atoms in total. The van der Waals surface area contributed by atoms with Gasteiger partial charge in [0.05, 0.1) is 26.9 Å². The van der Waals surface area contributed by atoms with Gasteiger partial charge in [0.1, 0.15) is 17.3 Å². The largest absolute Gasteiger partial charge is 0.497 e. The molecule has 0 spiro atoms. The molecule has 2 aromatic carbocycles. The van der Waals surface area contributed by atoms with Crippen LogP contribution in [-0.4, -0.2) is 30.9 Å². The standard InChI is InChI=1S/C28H28N2O5S/c1-33-22-12-10-20(11-13-22)18-29-28(32)27(25-9-4-14-35-25)30(26(31)17-24-8-5-15-36-24)19-21-6-3-7-23(16-21)34-2/h3-16,27H,17-19H2,1-2H3,(H,29,32)/t27-/m1/s1. The Morgan fingerprint density at radius 2 is 1.75 bits per heavy atom. The molecule has 0 aliphatic rings. The summed E-state index contributed by atoms with van der Waals surface area (Å²) in [5, 5.41) is 4.90. The van der Waals surface area contributed by atoms with Crippen molar-refractivity contribution in [3.8, 4) is 11.5 Å². The number of hydrogen-bond acceptors (Lipinski definition) is 6. The molecule has 0 aliphatic heterocycles. The Bertz CT molecular complexity index is 1250. The highest BCUT2D eigenvalue weighted by Crippen LogP contribution is 2.27. The molecular weight excluding hydrogens is 476 g/mol. The van der Waals surface area contributed by atoms with Crippen LogP contribution in [0.1, 0.15) is 27.8 Å². The zero-order valence-electron chi connectivity index (χ0n) is 20.2. The smallest absolute Gasteiger partial charge is 0.251 e. The number of rotatable bonds is 11. The van der Waals surface area contributed by atoms with E-state index < -0.39 is 6.04 Å². The predicted octanol–water partition coefficient (Wildman–Crippen LogP) is 4.99. The fraction of sp³-hybridized carbons (Fsp3) is 0.214. The lowest BCUT2D eigenvalue weighted by Gasteiger charge is -2.30. The van der Waals surface area contributed by atoms with Crippen molar-refractivity contribution in [3.05, 3.63) is 106 Å². The van der Waals surface area contributed by atoms with Crippen molar-refractivity contribution in [2.75, 3.05) is 14.2 Å². The van der Waals surface area contributed by atoms with Crippen molar-refractivity contribution >= 4 is 23.2 Å². The lowest BCUT2D eigenvalue weighted by Crippen LogP contribution is -2.43. The lowest BCUT2D eigenvalue weighted by molar-refractivity contribution is -0.141. The molecule has 36 heavy (non-hydrogen) atoms. The van der Waals surface area contributed by atoms with E-state index in [9.17, 15) is 9.59 Å². The summed E-state index contributed by atoms with van der Waals surface area (Å²) < 4.78 is 16.2. The topological polar surface area (TPSA) is 81.0 Å². The Hall–Kier alpha value is -4.04. The third kappa shape index (κ3) is 6.34. The van der Waals surface area contributed by atoms with Gasteiger partial charge in [0.15, 0.2) is 6.04 Å². The third-order valence-electron chi connectivity index (χ3n) is 5.71. The molecule has 186 valence electrons. The van der Waals surface area contributed by atoms with Crippen LogP contribution in [0.15, 0.2) is 88.9 Å². The molecule has 0 fully saturated rings. The van der Waals surface area contributed by atoms with Gasteiger partial charge < -0.3 is 24.1 Å². The SMILES string of the molecule is COc1ccc(CNC(=O)[C@@H](c2ccco2)N(Cc2cccc(OC)c2)C(=O)Cc2cccs2)cc1. The number of furan rings is 1. The van der Waals surface area contributed by atoms with Gasteiger partial charge in [-0.05, 0) is 59.0 Å². The minimum absolute atomic E-state index is 0.179. The predicted molar refractivity (Wildman–Crippen MR) is 138 cm³/mol. The van der Waals surface area contributed by atoms with Gasteiger partial charge >= 0.3 is 0 Å². The second-order valence-corrected chi connectivity index (χ2v) is 9.15. The molecule has 4 rings (SSSR count). The van der Waals surface area contributed by atoms with Crippen molar-refractivity contribution in [1.29, 1.82) is 0 Å². The summed E-state index contributed by atoms with van der Waals surface area (Å²) in [6, 6.07) is 21.2. The Morgan fingerprint density at radius 3 is 2.42 bits per heavy atom. The molecule has 1 N–H and O–H groups in total. The number of methoxy groups -OCH3 is 2. The van der Waals surface area contributed by atoms with Gasteiger partial charge in [-0.15, -0.1) is 11.3 Å². The molecule has 2 aromatic heterocycles. The van der Waals surface area contributed by atoms with Gasteiger partial charge in [0, 0.05) is 18.0 Å². The first-order chi connectivity index (χ1) is 17.6. The van der Waals surface area contributed by atoms with Crippen LogP contribution in [-0.2, 0) is 29.1 Å². The Balaban J connectivity index is 1.62. The van der Waals surface area contributed by atoms with Crippen LogP contribution in [0.3, 0.4) is 0 Å². The summed E-state index contributed by atoms with van der Waals surface area (Å²) >= 11 is 1.51. The van der Waals surface area contributed by atoms with Crippen LogP contribution in [0.5, 0.6) is 11.5 Å². The number of carbonyl (C=O) groups excluding carboxylic acids is 2. The van der Waals surface area contributed by atoms with E-state index in [2.05, 4.69) is 5.32 Å². The number of nitrogens with one attached hydrogen (secondary N) is 1. The van der Waals surface area contributed by atoms with Crippen molar-refractivity contribution < 1.29 is 23.5 Å². The minimum Gasteiger partial charge on any atom is -0.497 e. The average Bonchev–Trinajstić information content (AvgIpc) is 3.62. The van der Waals surface area contributed by atoms with E-state index in [4.69, 9.17) is 13.9 Å². The van der Waals surface area contributed by atoms with E-state index in [1.54, 1.807) is 31.3 Å². The highest BCUT2D eigenvalue weighted by molar-refractivity contribution is 7.10. The number of hydrogen-bond donors (Lipinski definition) is 1. The number of benzene rings is 2. The first-order valence-corrected chi connectivity index (χ1v) is 12.3. The zero-order chi connectivity index (χ0) is 25.3. The molecule has 0 unspecified atom stereocenters. The molecule has 1 atom stereocenters. The maximum Gasteiger partial charge on any atom is 0.251 e. The first-order valence-electron chi connectivity index (χ1n) is 11.5. The number of nitrogens with zero attached hydrogens (tertiary/aromatic N) is 1. The zero-order valence-corrected chi connectivity index (χ0v) is 21.0. The first kappa shape index (κ1) is 25.1. The van der Waals surface area contributed by atoms with E-state index in [0.29, 0.717) is 18.1 Å². The highest BCUT2D eigenvalue weighted by Gasteiger charge is 2.33. The van der Waals surface area contributed by atoms with Crippen LogP contribution in [0, 0.1) is 0 Å².